The molecule has 406 valence electrons. The van der Waals surface area contributed by atoms with Crippen LogP contribution in [-0.2, 0) is 47.9 Å². The van der Waals surface area contributed by atoms with E-state index in [9.17, 15) is 58.2 Å². The molecule has 0 heterocycles. The van der Waals surface area contributed by atoms with Gasteiger partial charge in [0.2, 0.25) is 47.3 Å². The fourth-order valence-electron chi connectivity index (χ4n) is 6.36. The van der Waals surface area contributed by atoms with Crippen LogP contribution >= 0.6 is 48.8 Å². The Kier molecular flexibility index (Phi) is 34.6. The molecule has 0 saturated heterocycles. The lowest BCUT2D eigenvalue weighted by Crippen LogP contribution is -2.60. The number of aliphatic carboxylic acids is 2. The smallest absolute Gasteiger partial charge is 0.326 e. The maximum atomic E-state index is 14.1. The molecule has 0 aliphatic rings. The van der Waals surface area contributed by atoms with Gasteiger partial charge >= 0.3 is 11.9 Å². The van der Waals surface area contributed by atoms with Crippen LogP contribution in [0.2, 0.25) is 0 Å². The summed E-state index contributed by atoms with van der Waals surface area (Å²) in [5, 5.41) is 39.4. The summed E-state index contributed by atoms with van der Waals surface area (Å²) < 4.78 is 0. The number of carbonyl (C=O) groups excluding carboxylic acids is 8. The van der Waals surface area contributed by atoms with Gasteiger partial charge in [0, 0.05) is 24.5 Å². The lowest BCUT2D eigenvalue weighted by molar-refractivity contribution is -0.142. The first-order chi connectivity index (χ1) is 33.5. The third-order valence-electron chi connectivity index (χ3n) is 10.3. The van der Waals surface area contributed by atoms with E-state index in [1.165, 1.54) is 30.4 Å². The fraction of sp³-hybridized carbons (Fsp3) is 0.738. The summed E-state index contributed by atoms with van der Waals surface area (Å²) in [4.78, 5) is 135. The van der Waals surface area contributed by atoms with Crippen LogP contribution in [0.4, 0.5) is 0 Å². The molecular formula is C42H77N13O12S4. The number of rotatable bonds is 38. The molecule has 8 amide bonds. The van der Waals surface area contributed by atoms with Crippen molar-refractivity contribution >= 4 is 114 Å². The number of nitrogens with one attached hydrogen (secondary N) is 8. The van der Waals surface area contributed by atoms with Crippen molar-refractivity contribution in [1.82, 2.24) is 42.5 Å². The first-order valence-corrected chi connectivity index (χ1v) is 27.1. The molecule has 0 fully saturated rings. The van der Waals surface area contributed by atoms with E-state index in [2.05, 4.69) is 72.8 Å². The molecule has 0 saturated carbocycles. The largest absolute Gasteiger partial charge is 0.481 e. The monoisotopic (exact) mass is 1080 g/mol. The number of carboxylic acid groups (broad SMARTS) is 2. The number of carboxylic acids is 2. The second-order valence-corrected chi connectivity index (χ2v) is 19.5. The van der Waals surface area contributed by atoms with Crippen molar-refractivity contribution in [1.29, 1.82) is 0 Å². The third kappa shape index (κ3) is 28.2. The minimum atomic E-state index is -1.57. The maximum Gasteiger partial charge on any atom is 0.326 e. The Hall–Kier alpha value is -4.71. The van der Waals surface area contributed by atoms with Gasteiger partial charge in [0.25, 0.3) is 0 Å². The second kappa shape index (κ2) is 37.1. The predicted octanol–water partition coefficient (Wildman–Crippen LogP) is -3.24. The number of hydrogen-bond donors (Lipinski definition) is 16. The molecule has 0 radical (unpaired) electrons. The molecule has 29 heteroatoms. The summed E-state index contributed by atoms with van der Waals surface area (Å²) >= 11 is 11.0. The molecule has 0 aliphatic carbocycles. The van der Waals surface area contributed by atoms with E-state index < -0.39 is 126 Å². The van der Waals surface area contributed by atoms with Crippen LogP contribution in [0.15, 0.2) is 4.99 Å². The van der Waals surface area contributed by atoms with Gasteiger partial charge in [-0.05, 0) is 101 Å². The first-order valence-electron chi connectivity index (χ1n) is 23.0. The highest BCUT2D eigenvalue weighted by Crippen LogP contribution is 2.12. The van der Waals surface area contributed by atoms with Crippen LogP contribution < -0.4 is 65.5 Å². The number of thioether (sulfide) groups is 2. The third-order valence-corrected chi connectivity index (χ3v) is 12.4. The molecule has 0 aliphatic heterocycles. The number of nitrogens with two attached hydrogens (primary N) is 4. The lowest BCUT2D eigenvalue weighted by atomic mass is 10.0. The molecule has 0 aromatic heterocycles. The normalized spacial score (nSPS) is 14.8. The van der Waals surface area contributed by atoms with E-state index in [1.807, 2.05) is 6.26 Å². The van der Waals surface area contributed by atoms with Gasteiger partial charge in [0.05, 0.1) is 6.04 Å². The average molecular weight is 1080 g/mol. The van der Waals surface area contributed by atoms with Gasteiger partial charge in [-0.25, -0.2) is 4.79 Å². The zero-order valence-electron chi connectivity index (χ0n) is 41.0. The van der Waals surface area contributed by atoms with Crippen molar-refractivity contribution < 1.29 is 58.2 Å². The van der Waals surface area contributed by atoms with Crippen molar-refractivity contribution in [2.24, 2.45) is 33.8 Å². The Balaban J connectivity index is 6.38. The lowest BCUT2D eigenvalue weighted by Gasteiger charge is -2.28. The molecular weight excluding hydrogens is 1010 g/mol. The SMILES string of the molecule is CSCC[C@H](NC(=O)[C@H](CC(C)C)NC(=O)[C@H](CCCCN)NC(=O)[C@H](CCSC)NC(=O)[C@@H](N)CS)C(=O)N[C@@H](CCC(=O)O)C(=O)N[C@@H](CS)C(=O)N[C@@H](C)C(=O)N[C@@H](CCCN=C(N)N)C(=O)O. The quantitative estimate of drug-likeness (QED) is 0.0125. The van der Waals surface area contributed by atoms with E-state index in [4.69, 9.17) is 22.9 Å². The van der Waals surface area contributed by atoms with Crippen molar-refractivity contribution in [2.45, 2.75) is 139 Å². The Bertz CT molecular complexity index is 1780. The van der Waals surface area contributed by atoms with Gasteiger partial charge in [-0.3, -0.25) is 48.1 Å². The highest BCUT2D eigenvalue weighted by Gasteiger charge is 2.34. The molecule has 71 heavy (non-hydrogen) atoms. The fourth-order valence-corrected chi connectivity index (χ4v) is 7.73. The Morgan fingerprint density at radius 1 is 0.535 bits per heavy atom. The minimum Gasteiger partial charge on any atom is -0.481 e. The van der Waals surface area contributed by atoms with Gasteiger partial charge in [0.1, 0.15) is 48.3 Å². The molecule has 25 nitrogen and oxygen atoms in total. The number of hydrogen-bond acceptors (Lipinski definition) is 17. The summed E-state index contributed by atoms with van der Waals surface area (Å²) in [5.74, 6) is -8.92. The number of unbranched alkanes of at least 4 members (excludes halogenated alkanes) is 1. The number of carbonyl (C=O) groups is 10. The number of thiol groups is 2. The van der Waals surface area contributed by atoms with Crippen molar-refractivity contribution in [2.75, 3.05) is 48.6 Å². The summed E-state index contributed by atoms with van der Waals surface area (Å²) in [7, 11) is 0. The van der Waals surface area contributed by atoms with Crippen LogP contribution in [0.5, 0.6) is 0 Å². The molecule has 18 N–H and O–H groups in total. The predicted molar refractivity (Wildman–Crippen MR) is 280 cm³/mol. The Morgan fingerprint density at radius 3 is 1.39 bits per heavy atom. The second-order valence-electron chi connectivity index (χ2n) is 16.8. The van der Waals surface area contributed by atoms with Crippen LogP contribution in [0.25, 0.3) is 0 Å². The number of amides is 8. The summed E-state index contributed by atoms with van der Waals surface area (Å²) in [6.07, 6.45) is 4.08. The van der Waals surface area contributed by atoms with Crippen LogP contribution in [-0.4, -0.2) is 178 Å². The van der Waals surface area contributed by atoms with Gasteiger partial charge in [0.15, 0.2) is 5.96 Å². The Morgan fingerprint density at radius 2 is 0.958 bits per heavy atom. The molecule has 0 unspecified atom stereocenters. The van der Waals surface area contributed by atoms with Gasteiger partial charge < -0.3 is 75.7 Å². The summed E-state index contributed by atoms with van der Waals surface area (Å²) in [6, 6.07) is -11.4. The van der Waals surface area contributed by atoms with E-state index in [1.54, 1.807) is 20.1 Å². The Labute approximate surface area is 434 Å². The topological polar surface area (TPSA) is 424 Å². The van der Waals surface area contributed by atoms with Gasteiger partial charge in [-0.15, -0.1) is 0 Å². The molecule has 9 atom stereocenters. The highest BCUT2D eigenvalue weighted by atomic mass is 32.2. The van der Waals surface area contributed by atoms with Crippen molar-refractivity contribution in [3.63, 3.8) is 0 Å². The van der Waals surface area contributed by atoms with Gasteiger partial charge in [-0.1, -0.05) is 13.8 Å². The van der Waals surface area contributed by atoms with Crippen LogP contribution in [0.1, 0.15) is 85.0 Å². The number of aliphatic imine (C=N–C) groups is 1. The van der Waals surface area contributed by atoms with Gasteiger partial charge in [-0.2, -0.15) is 48.8 Å². The number of nitrogens with zero attached hydrogens (tertiary/aromatic N) is 1. The summed E-state index contributed by atoms with van der Waals surface area (Å²) in [5.41, 5.74) is 22.1. The maximum absolute atomic E-state index is 14.1. The average Bonchev–Trinajstić information content (AvgIpc) is 3.31. The van der Waals surface area contributed by atoms with Crippen LogP contribution in [0.3, 0.4) is 0 Å². The highest BCUT2D eigenvalue weighted by molar-refractivity contribution is 7.98. The van der Waals surface area contributed by atoms with E-state index in [0.29, 0.717) is 30.9 Å². The first kappa shape index (κ1) is 66.3. The summed E-state index contributed by atoms with van der Waals surface area (Å²) in [6.45, 7) is 5.29. The van der Waals surface area contributed by atoms with Crippen LogP contribution in [0, 0.1) is 5.92 Å². The van der Waals surface area contributed by atoms with Crippen molar-refractivity contribution in [3.05, 3.63) is 0 Å². The number of guanidine groups is 1. The zero-order valence-corrected chi connectivity index (χ0v) is 44.5. The molecule has 0 aromatic carbocycles. The van der Waals surface area contributed by atoms with E-state index in [0.717, 1.165) is 0 Å². The molecule has 0 aromatic rings. The zero-order chi connectivity index (χ0) is 54.2. The minimum absolute atomic E-state index is 0.0206. The molecule has 0 rings (SSSR count). The molecule has 0 bridgehead atoms. The standard InChI is InChI=1S/C42H77N13O12S4/c1-22(2)19-30(54-35(60)25(9-6-7-15-43)50-37(62)27(13-17-70-4)49-34(59)24(44)20-68)39(64)52-28(14-18-71-5)38(63)51-26(11-12-32(56)57)36(61)55-31(21-69)40(65)48-23(3)33(58)53-29(41(66)67)10-8-16-47-42(45)46/h22-31,68-69H,6-21,43-44H2,1-5H3,(H,48,65)(H,49,59)(H,50,62)(H,51,63)(H,52,64)(H,53,58)(H,54,60)(H,55,61)(H,56,57)(H,66,67)(H4,45,46,47)/t23-,24-,25-,26-,27-,28-,29-,30-,31-/m0/s1. The van der Waals surface area contributed by atoms with E-state index in [-0.39, 0.29) is 68.5 Å². The van der Waals surface area contributed by atoms with Crippen molar-refractivity contribution in [3.8, 4) is 0 Å². The van der Waals surface area contributed by atoms with E-state index >= 15 is 0 Å². The molecule has 0 spiro atoms.